The van der Waals surface area contributed by atoms with Gasteiger partial charge in [0.05, 0.1) is 10.3 Å². The van der Waals surface area contributed by atoms with Crippen LogP contribution in [0.3, 0.4) is 0 Å². The van der Waals surface area contributed by atoms with Crippen LogP contribution < -0.4 is 5.32 Å². The summed E-state index contributed by atoms with van der Waals surface area (Å²) in [7, 11) is 0. The number of hydrogen-bond donors (Lipinski definition) is 1. The molecule has 0 bridgehead atoms. The number of carbonyl (C=O) groups is 1. The van der Waals surface area contributed by atoms with Gasteiger partial charge >= 0.3 is 0 Å². The predicted molar refractivity (Wildman–Crippen MR) is 96.0 cm³/mol. The van der Waals surface area contributed by atoms with Gasteiger partial charge in [-0.25, -0.2) is 0 Å². The third kappa shape index (κ3) is 4.41. The van der Waals surface area contributed by atoms with Crippen LogP contribution in [0.4, 0.5) is 0 Å². The van der Waals surface area contributed by atoms with Crippen LogP contribution in [0.2, 0.25) is 0 Å². The maximum Gasteiger partial charge on any atom is 0.242 e. The van der Waals surface area contributed by atoms with Gasteiger partial charge in [-0.2, -0.15) is 0 Å². The largest absolute Gasteiger partial charge is 0.350 e. The van der Waals surface area contributed by atoms with Crippen LogP contribution in [0, 0.1) is 0 Å². The first-order valence-corrected chi connectivity index (χ1v) is 9.07. The molecule has 1 N–H and O–H groups in total. The van der Waals surface area contributed by atoms with Gasteiger partial charge in [0, 0.05) is 4.88 Å². The quantitative estimate of drug-likeness (QED) is 0.779. The smallest absolute Gasteiger partial charge is 0.242 e. The Morgan fingerprint density at radius 2 is 1.86 bits per heavy atom. The van der Waals surface area contributed by atoms with Gasteiger partial charge in [-0.1, -0.05) is 44.2 Å². The molecule has 0 aliphatic carbocycles. The van der Waals surface area contributed by atoms with Crippen LogP contribution in [-0.2, 0) is 11.3 Å². The average Bonchev–Trinajstić information content (AvgIpc) is 2.96. The fourth-order valence-electron chi connectivity index (χ4n) is 2.47. The molecule has 3 nitrogen and oxygen atoms in total. The molecule has 2 rings (SSSR count). The van der Waals surface area contributed by atoms with Gasteiger partial charge in [-0.15, -0.1) is 11.3 Å². The third-order valence-corrected chi connectivity index (χ3v) is 5.23. The van der Waals surface area contributed by atoms with E-state index in [1.165, 1.54) is 0 Å². The van der Waals surface area contributed by atoms with E-state index < -0.39 is 0 Å². The van der Waals surface area contributed by atoms with E-state index in [0.29, 0.717) is 6.54 Å². The van der Waals surface area contributed by atoms with Gasteiger partial charge in [-0.3, -0.25) is 9.69 Å². The molecule has 0 saturated carbocycles. The van der Waals surface area contributed by atoms with Gasteiger partial charge in [0.25, 0.3) is 0 Å². The Labute approximate surface area is 144 Å². The molecule has 1 amide bonds. The van der Waals surface area contributed by atoms with Crippen LogP contribution in [0.15, 0.2) is 46.3 Å². The molecule has 5 heteroatoms. The zero-order chi connectivity index (χ0) is 15.9. The van der Waals surface area contributed by atoms with Crippen LogP contribution in [0.5, 0.6) is 0 Å². The molecular formula is C17H21BrN2OS. The first kappa shape index (κ1) is 17.2. The highest BCUT2D eigenvalue weighted by atomic mass is 79.9. The zero-order valence-corrected chi connectivity index (χ0v) is 15.3. The van der Waals surface area contributed by atoms with E-state index in [9.17, 15) is 4.79 Å². The maximum atomic E-state index is 12.7. The van der Waals surface area contributed by atoms with Crippen molar-refractivity contribution < 1.29 is 4.79 Å². The van der Waals surface area contributed by atoms with Crippen molar-refractivity contribution in [3.05, 3.63) is 56.7 Å². The van der Waals surface area contributed by atoms with E-state index in [4.69, 9.17) is 0 Å². The van der Waals surface area contributed by atoms with Gasteiger partial charge in [0.2, 0.25) is 5.91 Å². The second-order valence-corrected chi connectivity index (χ2v) is 7.51. The number of carbonyl (C=O) groups excluding carboxylic acids is 1. The van der Waals surface area contributed by atoms with Crippen molar-refractivity contribution in [2.24, 2.45) is 0 Å². The average molecular weight is 381 g/mol. The number of hydrogen-bond acceptors (Lipinski definition) is 3. The standard InChI is InChI=1S/C17H21BrN2OS/c1-3-20(4-2)16(13-8-6-5-7-9-13)17(21)19-12-14-10-11-15(18)22-14/h5-11,16H,3-4,12H2,1-2H3,(H,19,21). The van der Waals surface area contributed by atoms with Gasteiger partial charge in [0.1, 0.15) is 6.04 Å². The number of nitrogens with zero attached hydrogens (tertiary/aromatic N) is 1. The monoisotopic (exact) mass is 380 g/mol. The third-order valence-electron chi connectivity index (χ3n) is 3.61. The van der Waals surface area contributed by atoms with Gasteiger partial charge < -0.3 is 5.32 Å². The molecule has 22 heavy (non-hydrogen) atoms. The Balaban J connectivity index is 2.12. The molecule has 2 aromatic rings. The summed E-state index contributed by atoms with van der Waals surface area (Å²) < 4.78 is 1.08. The minimum absolute atomic E-state index is 0.0550. The highest BCUT2D eigenvalue weighted by Crippen LogP contribution is 2.23. The SMILES string of the molecule is CCN(CC)C(C(=O)NCc1ccc(Br)s1)c1ccccc1. The molecule has 0 saturated heterocycles. The summed E-state index contributed by atoms with van der Waals surface area (Å²) in [5, 5.41) is 3.07. The molecule has 118 valence electrons. The molecule has 0 radical (unpaired) electrons. The molecule has 1 unspecified atom stereocenters. The first-order chi connectivity index (χ1) is 10.7. The lowest BCUT2D eigenvalue weighted by Gasteiger charge is -2.29. The number of rotatable bonds is 7. The summed E-state index contributed by atoms with van der Waals surface area (Å²) in [4.78, 5) is 16.0. The molecule has 1 heterocycles. The highest BCUT2D eigenvalue weighted by molar-refractivity contribution is 9.11. The Bertz CT molecular complexity index is 596. The molecule has 0 spiro atoms. The minimum Gasteiger partial charge on any atom is -0.350 e. The summed E-state index contributed by atoms with van der Waals surface area (Å²) in [5.74, 6) is 0.0550. The molecule has 1 atom stereocenters. The number of thiophene rings is 1. The normalized spacial score (nSPS) is 12.4. The zero-order valence-electron chi connectivity index (χ0n) is 12.9. The van der Waals surface area contributed by atoms with Crippen molar-refractivity contribution in [3.63, 3.8) is 0 Å². The predicted octanol–water partition coefficient (Wildman–Crippen LogP) is 4.21. The molecule has 1 aromatic carbocycles. The first-order valence-electron chi connectivity index (χ1n) is 7.46. The number of benzene rings is 1. The van der Waals surface area contributed by atoms with Gasteiger partial charge in [-0.05, 0) is 46.7 Å². The summed E-state index contributed by atoms with van der Waals surface area (Å²) in [5.41, 5.74) is 1.04. The van der Waals surface area contributed by atoms with E-state index in [0.717, 1.165) is 27.3 Å². The fourth-order valence-corrected chi connectivity index (χ4v) is 3.89. The number of amides is 1. The van der Waals surface area contributed by atoms with Crippen molar-refractivity contribution in [2.45, 2.75) is 26.4 Å². The fraction of sp³-hybridized carbons (Fsp3) is 0.353. The van der Waals surface area contributed by atoms with E-state index in [-0.39, 0.29) is 11.9 Å². The van der Waals surface area contributed by atoms with E-state index >= 15 is 0 Å². The molecular weight excluding hydrogens is 360 g/mol. The number of nitrogens with one attached hydrogen (secondary N) is 1. The van der Waals surface area contributed by atoms with Crippen molar-refractivity contribution in [1.29, 1.82) is 0 Å². The van der Waals surface area contributed by atoms with E-state index in [2.05, 4.69) is 40.0 Å². The summed E-state index contributed by atoms with van der Waals surface area (Å²) >= 11 is 5.09. The van der Waals surface area contributed by atoms with Crippen molar-refractivity contribution in [1.82, 2.24) is 10.2 Å². The van der Waals surface area contributed by atoms with E-state index in [1.54, 1.807) is 11.3 Å². The van der Waals surface area contributed by atoms with Gasteiger partial charge in [0.15, 0.2) is 0 Å². The molecule has 0 aliphatic rings. The number of halogens is 1. The Morgan fingerprint density at radius 3 is 2.41 bits per heavy atom. The van der Waals surface area contributed by atoms with Crippen molar-refractivity contribution >= 4 is 33.2 Å². The second kappa shape index (κ2) is 8.46. The topological polar surface area (TPSA) is 32.3 Å². The summed E-state index contributed by atoms with van der Waals surface area (Å²) in [6.45, 7) is 6.42. The maximum absolute atomic E-state index is 12.7. The molecule has 0 fully saturated rings. The van der Waals surface area contributed by atoms with Crippen LogP contribution in [-0.4, -0.2) is 23.9 Å². The van der Waals surface area contributed by atoms with Crippen LogP contribution in [0.1, 0.15) is 30.3 Å². The second-order valence-electron chi connectivity index (χ2n) is 4.96. The Hall–Kier alpha value is -1.17. The molecule has 0 aliphatic heterocycles. The number of likely N-dealkylation sites (N-methyl/N-ethyl adjacent to an activating group) is 1. The lowest BCUT2D eigenvalue weighted by atomic mass is 10.0. The van der Waals surface area contributed by atoms with E-state index in [1.807, 2.05) is 42.5 Å². The summed E-state index contributed by atoms with van der Waals surface area (Å²) in [6.07, 6.45) is 0. The molecule has 1 aromatic heterocycles. The Morgan fingerprint density at radius 1 is 1.18 bits per heavy atom. The van der Waals surface area contributed by atoms with Crippen LogP contribution in [0.25, 0.3) is 0 Å². The lowest BCUT2D eigenvalue weighted by molar-refractivity contribution is -0.126. The van der Waals surface area contributed by atoms with Crippen molar-refractivity contribution in [2.75, 3.05) is 13.1 Å². The van der Waals surface area contributed by atoms with Crippen LogP contribution >= 0.6 is 27.3 Å². The van der Waals surface area contributed by atoms with Crippen molar-refractivity contribution in [3.8, 4) is 0 Å². The minimum atomic E-state index is -0.236. The lowest BCUT2D eigenvalue weighted by Crippen LogP contribution is -2.40. The summed E-state index contributed by atoms with van der Waals surface area (Å²) in [6, 6.07) is 13.8. The Kier molecular flexibility index (Phi) is 6.61. The highest BCUT2D eigenvalue weighted by Gasteiger charge is 2.25.